The summed E-state index contributed by atoms with van der Waals surface area (Å²) in [6, 6.07) is 13.4. The maximum Gasteiger partial charge on any atom is 0.508 e. The molecule has 1 fully saturated rings. The molecule has 2 aromatic rings. The summed E-state index contributed by atoms with van der Waals surface area (Å²) in [5, 5.41) is 40.0. The van der Waals surface area contributed by atoms with Crippen molar-refractivity contribution in [2.24, 2.45) is 0 Å². The van der Waals surface area contributed by atoms with Crippen LogP contribution in [0.25, 0.3) is 0 Å². The molecule has 0 radical (unpaired) electrons. The SMILES string of the molecule is CCOC(=O)OCc1ccc(Cc2ccc(CC)cc2)c(O[C@@H]2O[C@H](CO)[C@@H](O)[C@H](O)[C@H]2O)c1. The highest BCUT2D eigenvalue weighted by Crippen LogP contribution is 2.29. The minimum Gasteiger partial charge on any atom is -0.462 e. The fourth-order valence-electron chi connectivity index (χ4n) is 3.65. The molecule has 1 heterocycles. The van der Waals surface area contributed by atoms with Crippen molar-refractivity contribution < 1.29 is 44.2 Å². The quantitative estimate of drug-likeness (QED) is 0.399. The molecule has 34 heavy (non-hydrogen) atoms. The molecule has 0 bridgehead atoms. The van der Waals surface area contributed by atoms with Gasteiger partial charge in [-0.25, -0.2) is 4.79 Å². The Labute approximate surface area is 198 Å². The molecule has 3 rings (SSSR count). The number of hydrogen-bond acceptors (Lipinski definition) is 9. The van der Waals surface area contributed by atoms with E-state index >= 15 is 0 Å². The Morgan fingerprint density at radius 3 is 2.24 bits per heavy atom. The average molecular weight is 477 g/mol. The van der Waals surface area contributed by atoms with E-state index in [1.165, 1.54) is 5.56 Å². The molecule has 1 aliphatic heterocycles. The van der Waals surface area contributed by atoms with Crippen LogP contribution in [-0.2, 0) is 33.7 Å². The van der Waals surface area contributed by atoms with Gasteiger partial charge in [-0.2, -0.15) is 0 Å². The molecule has 1 aliphatic rings. The fraction of sp³-hybridized carbons (Fsp3) is 0.480. The molecule has 0 unspecified atom stereocenters. The van der Waals surface area contributed by atoms with Gasteiger partial charge in [0.25, 0.3) is 0 Å². The highest BCUT2D eigenvalue weighted by molar-refractivity contribution is 5.59. The van der Waals surface area contributed by atoms with E-state index in [1.54, 1.807) is 19.1 Å². The second-order valence-corrected chi connectivity index (χ2v) is 8.08. The van der Waals surface area contributed by atoms with Gasteiger partial charge < -0.3 is 39.4 Å². The van der Waals surface area contributed by atoms with Gasteiger partial charge in [0.15, 0.2) is 0 Å². The standard InChI is InChI=1S/C25H32O9/c1-3-15-5-7-16(8-6-15)11-18-10-9-17(14-32-25(30)31-4-2)12-19(18)33-24-23(29)22(28)21(27)20(13-26)34-24/h5-10,12,20-24,26-29H,3-4,11,13-14H2,1-2H3/t20-,21-,22+,23-,24-/m1/s1. The zero-order valence-electron chi connectivity index (χ0n) is 19.3. The summed E-state index contributed by atoms with van der Waals surface area (Å²) in [5.74, 6) is 0.342. The molecule has 0 spiro atoms. The number of hydrogen-bond donors (Lipinski definition) is 4. The van der Waals surface area contributed by atoms with Gasteiger partial charge in [-0.1, -0.05) is 43.3 Å². The molecule has 0 aliphatic carbocycles. The van der Waals surface area contributed by atoms with Gasteiger partial charge >= 0.3 is 6.16 Å². The Kier molecular flexibility index (Phi) is 9.26. The van der Waals surface area contributed by atoms with E-state index in [2.05, 4.69) is 19.1 Å². The fourth-order valence-corrected chi connectivity index (χ4v) is 3.65. The molecule has 9 heteroatoms. The normalized spacial score (nSPS) is 24.5. The van der Waals surface area contributed by atoms with E-state index in [0.717, 1.165) is 17.5 Å². The second kappa shape index (κ2) is 12.1. The van der Waals surface area contributed by atoms with Gasteiger partial charge in [0.1, 0.15) is 36.8 Å². The van der Waals surface area contributed by atoms with Crippen LogP contribution < -0.4 is 4.74 Å². The van der Waals surface area contributed by atoms with Crippen LogP contribution >= 0.6 is 0 Å². The summed E-state index contributed by atoms with van der Waals surface area (Å²) in [4.78, 5) is 11.6. The monoisotopic (exact) mass is 476 g/mol. The highest BCUT2D eigenvalue weighted by Gasteiger charge is 2.44. The number of benzene rings is 2. The van der Waals surface area contributed by atoms with Crippen LogP contribution in [0.2, 0.25) is 0 Å². The Bertz CT molecular complexity index is 928. The molecule has 0 saturated carbocycles. The van der Waals surface area contributed by atoms with Gasteiger partial charge in [0, 0.05) is 6.42 Å². The van der Waals surface area contributed by atoms with Gasteiger partial charge in [0.2, 0.25) is 6.29 Å². The van der Waals surface area contributed by atoms with Crippen LogP contribution in [0.5, 0.6) is 5.75 Å². The first-order chi connectivity index (χ1) is 16.4. The van der Waals surface area contributed by atoms with Gasteiger partial charge in [-0.3, -0.25) is 0 Å². The first-order valence-corrected chi connectivity index (χ1v) is 11.3. The summed E-state index contributed by atoms with van der Waals surface area (Å²) in [6.07, 6.45) is -6.37. The number of aliphatic hydroxyl groups excluding tert-OH is 4. The lowest BCUT2D eigenvalue weighted by atomic mass is 9.99. The number of carbonyl (C=O) groups excluding carboxylic acids is 1. The molecule has 9 nitrogen and oxygen atoms in total. The molecular weight excluding hydrogens is 444 g/mol. The number of ether oxygens (including phenoxy) is 4. The third-order valence-corrected chi connectivity index (χ3v) is 5.67. The smallest absolute Gasteiger partial charge is 0.462 e. The van der Waals surface area contributed by atoms with E-state index in [1.807, 2.05) is 18.2 Å². The summed E-state index contributed by atoms with van der Waals surface area (Å²) in [7, 11) is 0. The van der Waals surface area contributed by atoms with Crippen molar-refractivity contribution in [3.05, 3.63) is 64.7 Å². The summed E-state index contributed by atoms with van der Waals surface area (Å²) >= 11 is 0. The van der Waals surface area contributed by atoms with E-state index in [9.17, 15) is 25.2 Å². The first kappa shape index (κ1) is 25.9. The average Bonchev–Trinajstić information content (AvgIpc) is 2.85. The van der Waals surface area contributed by atoms with Crippen molar-refractivity contribution in [3.63, 3.8) is 0 Å². The maximum atomic E-state index is 11.6. The maximum absolute atomic E-state index is 11.6. The van der Waals surface area contributed by atoms with Crippen LogP contribution in [0.4, 0.5) is 4.79 Å². The van der Waals surface area contributed by atoms with Crippen molar-refractivity contribution in [1.29, 1.82) is 0 Å². The van der Waals surface area contributed by atoms with Crippen molar-refractivity contribution >= 4 is 6.16 Å². The number of rotatable bonds is 9. The lowest BCUT2D eigenvalue weighted by Crippen LogP contribution is -2.60. The van der Waals surface area contributed by atoms with Crippen molar-refractivity contribution in [2.45, 2.75) is 64.0 Å². The first-order valence-electron chi connectivity index (χ1n) is 11.3. The number of aliphatic hydroxyl groups is 4. The van der Waals surface area contributed by atoms with E-state index in [4.69, 9.17) is 18.9 Å². The second-order valence-electron chi connectivity index (χ2n) is 8.08. The lowest BCUT2D eigenvalue weighted by Gasteiger charge is -2.39. The van der Waals surface area contributed by atoms with Crippen LogP contribution in [0.3, 0.4) is 0 Å². The zero-order valence-corrected chi connectivity index (χ0v) is 19.3. The molecule has 0 aromatic heterocycles. The minimum absolute atomic E-state index is 0.0602. The van der Waals surface area contributed by atoms with E-state index < -0.39 is 43.5 Å². The Morgan fingerprint density at radius 1 is 0.912 bits per heavy atom. The lowest BCUT2D eigenvalue weighted by molar-refractivity contribution is -0.277. The predicted molar refractivity (Wildman–Crippen MR) is 121 cm³/mol. The van der Waals surface area contributed by atoms with Crippen molar-refractivity contribution in [2.75, 3.05) is 13.2 Å². The summed E-state index contributed by atoms with van der Waals surface area (Å²) < 4.78 is 21.3. The van der Waals surface area contributed by atoms with Crippen molar-refractivity contribution in [1.82, 2.24) is 0 Å². The Balaban J connectivity index is 1.85. The van der Waals surface area contributed by atoms with Crippen LogP contribution in [0.1, 0.15) is 36.1 Å². The van der Waals surface area contributed by atoms with Crippen LogP contribution in [0.15, 0.2) is 42.5 Å². The topological polar surface area (TPSA) is 135 Å². The summed E-state index contributed by atoms with van der Waals surface area (Å²) in [6.45, 7) is 3.33. The third-order valence-electron chi connectivity index (χ3n) is 5.67. The zero-order chi connectivity index (χ0) is 24.7. The molecule has 186 valence electrons. The predicted octanol–water partition coefficient (Wildman–Crippen LogP) is 1.69. The van der Waals surface area contributed by atoms with Crippen LogP contribution in [0, 0.1) is 0 Å². The van der Waals surface area contributed by atoms with Gasteiger partial charge in [0.05, 0.1) is 13.2 Å². The summed E-state index contributed by atoms with van der Waals surface area (Å²) in [5.41, 5.74) is 3.62. The van der Waals surface area contributed by atoms with E-state index in [0.29, 0.717) is 17.7 Å². The minimum atomic E-state index is -1.56. The molecular formula is C25H32O9. The molecule has 4 N–H and O–H groups in total. The Hall–Kier alpha value is -2.69. The van der Waals surface area contributed by atoms with Crippen LogP contribution in [-0.4, -0.2) is 70.5 Å². The number of carbonyl (C=O) groups is 1. The van der Waals surface area contributed by atoms with E-state index in [-0.39, 0.29) is 13.2 Å². The van der Waals surface area contributed by atoms with Gasteiger partial charge in [-0.15, -0.1) is 0 Å². The largest absolute Gasteiger partial charge is 0.508 e. The molecule has 5 atom stereocenters. The van der Waals surface area contributed by atoms with Crippen molar-refractivity contribution in [3.8, 4) is 5.75 Å². The third kappa shape index (κ3) is 6.46. The van der Waals surface area contributed by atoms with Gasteiger partial charge in [-0.05, 0) is 41.7 Å². The Morgan fingerprint density at radius 2 is 1.59 bits per heavy atom. The molecule has 1 saturated heterocycles. The highest BCUT2D eigenvalue weighted by atomic mass is 16.7. The molecule has 0 amide bonds. The molecule has 2 aromatic carbocycles. The number of aryl methyl sites for hydroxylation is 1.